The Morgan fingerprint density at radius 3 is 1.77 bits per heavy atom. The van der Waals surface area contributed by atoms with Crippen LogP contribution in [0.5, 0.6) is 0 Å². The number of aliphatic hydroxyl groups excluding tert-OH is 1. The molecule has 189 valence electrons. The molecule has 1 radical (unpaired) electrons. The van der Waals surface area contributed by atoms with E-state index in [0.29, 0.717) is 16.7 Å². The number of aliphatic hydroxyl groups is 1. The molecule has 0 bridgehead atoms. The number of halogens is 2. The number of aromatic nitrogens is 3. The van der Waals surface area contributed by atoms with E-state index in [1.54, 1.807) is 65.8 Å². The van der Waals surface area contributed by atoms with Crippen LogP contribution >= 0.6 is 22.6 Å². The van der Waals surface area contributed by atoms with Crippen molar-refractivity contribution in [3.8, 4) is 0 Å². The summed E-state index contributed by atoms with van der Waals surface area (Å²) in [6.07, 6.45) is 11.4. The van der Waals surface area contributed by atoms with E-state index in [1.165, 1.54) is 26.6 Å². The van der Waals surface area contributed by atoms with Gasteiger partial charge in [0.05, 0.1) is 26.1 Å². The van der Waals surface area contributed by atoms with Crippen molar-refractivity contribution < 1.29 is 90.2 Å². The number of aryl methyl sites for hydroxylation is 1. The Balaban J connectivity index is -0.000000188. The van der Waals surface area contributed by atoms with Crippen molar-refractivity contribution >= 4 is 40.8 Å². The van der Waals surface area contributed by atoms with E-state index in [0.717, 1.165) is 7.11 Å². The van der Waals surface area contributed by atoms with E-state index in [1.807, 2.05) is 18.2 Å². The minimum absolute atomic E-state index is 0. The molecule has 0 fully saturated rings. The van der Waals surface area contributed by atoms with Crippen LogP contribution in [0, 0.1) is 0 Å². The molecule has 0 saturated heterocycles. The van der Waals surface area contributed by atoms with Crippen molar-refractivity contribution in [2.75, 3.05) is 26.3 Å². The molecule has 0 amide bonds. The number of pyridine rings is 3. The van der Waals surface area contributed by atoms with Gasteiger partial charge in [-0.05, 0) is 29.3 Å². The van der Waals surface area contributed by atoms with Crippen LogP contribution in [-0.4, -0.2) is 59.6 Å². The first kappa shape index (κ1) is 40.7. The topological polar surface area (TPSA) is 120 Å². The van der Waals surface area contributed by atoms with Gasteiger partial charge in [-0.3, -0.25) is 4.98 Å². The molecule has 35 heavy (non-hydrogen) atoms. The quantitative estimate of drug-likeness (QED) is 0.123. The van der Waals surface area contributed by atoms with Gasteiger partial charge in [0.25, 0.3) is 0 Å². The summed E-state index contributed by atoms with van der Waals surface area (Å²) in [5.41, 5.74) is 1.54. The third kappa shape index (κ3) is 20.5. The molecule has 12 heteroatoms. The van der Waals surface area contributed by atoms with Gasteiger partial charge in [0.2, 0.25) is 0 Å². The Bertz CT molecular complexity index is 923. The van der Waals surface area contributed by atoms with Gasteiger partial charge in [0, 0.05) is 58.3 Å². The fraction of sp³-hybridized carbons (Fsp3) is 0.217. The molecule has 0 aliphatic rings. The molecule has 0 atom stereocenters. The molecule has 9 nitrogen and oxygen atoms in total. The molecule has 0 aliphatic carbocycles. The third-order valence-electron chi connectivity index (χ3n) is 3.22. The normalized spacial score (nSPS) is 7.74. The number of hydrogen-bond acceptors (Lipinski definition) is 8. The van der Waals surface area contributed by atoms with Gasteiger partial charge in [0.15, 0.2) is 12.4 Å². The summed E-state index contributed by atoms with van der Waals surface area (Å²) < 4.78 is 10.8. The third-order valence-corrected chi connectivity index (χ3v) is 3.22. The standard InChI is InChI=1S/C8H10NO2.C7H7NO2.C6H4NO.CH3I.CH4O.HI.Y/c1-9-5-3-4-7(6-9)8(10)11-2;1-10-7(9)6-3-2-4-8-5-6;8-5-6-2-1-3-7-4-6;2*1-2;;/h3-6H,1-2H3;2-5H,1H3;1-4H;1H3;2H,1H3;1H;/q+1;;-1;;;;/p-1. The summed E-state index contributed by atoms with van der Waals surface area (Å²) in [6, 6.07) is 10.2. The zero-order valence-corrected chi connectivity index (χ0v) is 27.2. The molecule has 3 heterocycles. The Morgan fingerprint density at radius 2 is 1.40 bits per heavy atom. The van der Waals surface area contributed by atoms with Gasteiger partial charge in [-0.25, -0.2) is 14.2 Å². The zero-order valence-electron chi connectivity index (χ0n) is 20.1. The summed E-state index contributed by atoms with van der Waals surface area (Å²) in [4.78, 5) is 40.9. The van der Waals surface area contributed by atoms with Crippen molar-refractivity contribution in [3.63, 3.8) is 0 Å². The predicted octanol–water partition coefficient (Wildman–Crippen LogP) is -0.633. The van der Waals surface area contributed by atoms with E-state index in [9.17, 15) is 14.4 Å². The van der Waals surface area contributed by atoms with Gasteiger partial charge >= 0.3 is 11.9 Å². The van der Waals surface area contributed by atoms with Crippen molar-refractivity contribution in [1.29, 1.82) is 0 Å². The van der Waals surface area contributed by atoms with Crippen LogP contribution in [0.1, 0.15) is 26.3 Å². The van der Waals surface area contributed by atoms with Crippen molar-refractivity contribution in [2.24, 2.45) is 7.05 Å². The Hall–Kier alpha value is -1.42. The molecule has 0 unspecified atom stereocenters. The molecule has 3 aromatic heterocycles. The smallest absolute Gasteiger partial charge is 0.343 e. The first-order valence-corrected chi connectivity index (χ1v) is 11.3. The minimum Gasteiger partial charge on any atom is -1.00 e. The molecular formula is C23H28I2N3O6Y-. The molecule has 0 saturated carbocycles. The van der Waals surface area contributed by atoms with Crippen LogP contribution in [0.25, 0.3) is 0 Å². The fourth-order valence-electron chi connectivity index (χ4n) is 1.85. The van der Waals surface area contributed by atoms with Crippen molar-refractivity contribution in [2.45, 2.75) is 0 Å². The Kier molecular flexibility index (Phi) is 33.5. The molecule has 0 aliphatic heterocycles. The molecule has 1 N–H and O–H groups in total. The van der Waals surface area contributed by atoms with Crippen molar-refractivity contribution in [1.82, 2.24) is 9.97 Å². The maximum absolute atomic E-state index is 10.9. The fourth-order valence-corrected chi connectivity index (χ4v) is 1.85. The first-order chi connectivity index (χ1) is 16.0. The predicted molar refractivity (Wildman–Crippen MR) is 132 cm³/mol. The van der Waals surface area contributed by atoms with Gasteiger partial charge in [0.1, 0.15) is 12.6 Å². The second kappa shape index (κ2) is 28.8. The molecule has 0 spiro atoms. The number of rotatable bonds is 3. The zero-order chi connectivity index (χ0) is 25.5. The van der Waals surface area contributed by atoms with E-state index in [-0.39, 0.29) is 68.6 Å². The summed E-state index contributed by atoms with van der Waals surface area (Å²) in [5.74, 6) is -0.658. The number of esters is 2. The van der Waals surface area contributed by atoms with Crippen LogP contribution in [-0.2, 0) is 54.0 Å². The number of methoxy groups -OCH3 is 2. The van der Waals surface area contributed by atoms with E-state index < -0.39 is 0 Å². The Morgan fingerprint density at radius 1 is 0.914 bits per heavy atom. The second-order valence-corrected chi connectivity index (χ2v) is 5.33. The maximum atomic E-state index is 10.9. The second-order valence-electron chi connectivity index (χ2n) is 5.33. The average molecular weight is 785 g/mol. The monoisotopic (exact) mass is 785 g/mol. The number of ether oxygens (including phenoxy) is 2. The van der Waals surface area contributed by atoms with Crippen LogP contribution in [0.2, 0.25) is 0 Å². The van der Waals surface area contributed by atoms with Gasteiger partial charge in [-0.1, -0.05) is 28.8 Å². The summed E-state index contributed by atoms with van der Waals surface area (Å²) >= 11 is 2.15. The summed E-state index contributed by atoms with van der Waals surface area (Å²) in [6.45, 7) is 0. The van der Waals surface area contributed by atoms with Crippen LogP contribution < -0.4 is 28.5 Å². The number of carbonyl (C=O) groups is 2. The molecular weight excluding hydrogens is 757 g/mol. The molecule has 0 aromatic carbocycles. The van der Waals surface area contributed by atoms with Crippen molar-refractivity contribution in [3.05, 3.63) is 90.3 Å². The number of carbonyl (C=O) groups excluding carboxylic acids is 3. The number of hydrogen-bond donors (Lipinski definition) is 1. The van der Waals surface area contributed by atoms with Crippen LogP contribution in [0.15, 0.2) is 73.6 Å². The number of alkyl halides is 1. The van der Waals surface area contributed by atoms with E-state index in [2.05, 4.69) is 42.0 Å². The van der Waals surface area contributed by atoms with E-state index >= 15 is 0 Å². The van der Waals surface area contributed by atoms with Gasteiger partial charge in [-0.2, -0.15) is 6.07 Å². The summed E-state index contributed by atoms with van der Waals surface area (Å²) in [7, 11) is 5.57. The average Bonchev–Trinajstić information content (AvgIpc) is 2.91. The van der Waals surface area contributed by atoms with Crippen LogP contribution in [0.4, 0.5) is 0 Å². The molecule has 3 rings (SSSR count). The maximum Gasteiger partial charge on any atom is 0.343 e. The molecule has 3 aromatic rings. The van der Waals surface area contributed by atoms with E-state index in [4.69, 9.17) is 5.11 Å². The summed E-state index contributed by atoms with van der Waals surface area (Å²) in [5, 5.41) is 7.00. The number of nitrogens with zero attached hydrogens (tertiary/aromatic N) is 3. The largest absolute Gasteiger partial charge is 1.00 e. The van der Waals surface area contributed by atoms with Gasteiger partial charge in [-0.15, -0.1) is 11.6 Å². The van der Waals surface area contributed by atoms with Crippen LogP contribution in [0.3, 0.4) is 0 Å². The van der Waals surface area contributed by atoms with Gasteiger partial charge < -0.3 is 48.3 Å². The minimum atomic E-state index is -0.354. The first-order valence-electron chi connectivity index (χ1n) is 9.14. The SMILES string of the molecule is CI.CO.COC(=O)c1ccc[n+](C)c1.COC(=O)c1cccnc1.O=[C-]c1cccnc1.[I-].[Y]. The Labute approximate surface area is 262 Å².